The second kappa shape index (κ2) is 28.6. The maximum absolute atomic E-state index is 13.8. The monoisotopic (exact) mass is 871 g/mol. The Morgan fingerprint density at radius 3 is 1.41 bits per heavy atom. The van der Waals surface area contributed by atoms with Crippen molar-refractivity contribution in [2.45, 2.75) is 156 Å². The predicted molar refractivity (Wildman–Crippen MR) is 227 cm³/mol. The van der Waals surface area contributed by atoms with Gasteiger partial charge in [0.2, 0.25) is 47.3 Å². The quantitative estimate of drug-likeness (QED) is 0.0358. The van der Waals surface area contributed by atoms with Gasteiger partial charge in [0.15, 0.2) is 0 Å². The summed E-state index contributed by atoms with van der Waals surface area (Å²) in [7, 11) is 0. The average molecular weight is 871 g/mol. The summed E-state index contributed by atoms with van der Waals surface area (Å²) >= 11 is 0. The maximum Gasteiger partial charge on any atom is 0.326 e. The van der Waals surface area contributed by atoms with Gasteiger partial charge in [0.1, 0.15) is 36.3 Å². The lowest BCUT2D eigenvalue weighted by atomic mass is 9.96. The van der Waals surface area contributed by atoms with Crippen molar-refractivity contribution in [1.29, 1.82) is 0 Å². The van der Waals surface area contributed by atoms with E-state index in [1.807, 2.05) is 0 Å². The SMILES string of the molecule is CC[C@H](C)[C@H](NC(=O)CNC(=O)[C@H](C)N)C(=O)NCC(=O)N[C@H](C(=O)N[C@@H](CC(C)C)C(=O)N[C@H](C(=O)N[C@H](C(=O)N[C@@H](CCCCN)C(=O)O)C(C)C)[C@@H](C)O)[C@@H](C)CC. The van der Waals surface area contributed by atoms with Crippen molar-refractivity contribution in [3.05, 3.63) is 0 Å². The van der Waals surface area contributed by atoms with Crippen molar-refractivity contribution < 1.29 is 53.4 Å². The summed E-state index contributed by atoms with van der Waals surface area (Å²) in [6.07, 6.45) is 0.623. The number of aliphatic carboxylic acids is 1. The van der Waals surface area contributed by atoms with Crippen LogP contribution >= 0.6 is 0 Å². The Hall–Kier alpha value is -4.89. The molecule has 0 aromatic heterocycles. The number of nitrogens with one attached hydrogen (secondary N) is 8. The number of carboxylic acids is 1. The average Bonchev–Trinajstić information content (AvgIpc) is 3.18. The van der Waals surface area contributed by atoms with E-state index in [1.54, 1.807) is 55.4 Å². The van der Waals surface area contributed by atoms with Crippen molar-refractivity contribution in [3.8, 4) is 0 Å². The van der Waals surface area contributed by atoms with Gasteiger partial charge in [-0.3, -0.25) is 38.4 Å². The molecule has 0 aromatic rings. The minimum atomic E-state index is -1.60. The summed E-state index contributed by atoms with van der Waals surface area (Å²) in [6.45, 7) is 15.9. The number of carboxylic acid groups (broad SMARTS) is 1. The van der Waals surface area contributed by atoms with E-state index in [0.717, 1.165) is 0 Å². The number of aliphatic hydroxyl groups is 1. The van der Waals surface area contributed by atoms with Crippen molar-refractivity contribution >= 4 is 53.2 Å². The Labute approximate surface area is 359 Å². The Morgan fingerprint density at radius 1 is 0.541 bits per heavy atom. The van der Waals surface area contributed by atoms with E-state index >= 15 is 0 Å². The van der Waals surface area contributed by atoms with E-state index in [0.29, 0.717) is 32.2 Å². The Balaban J connectivity index is 5.99. The summed E-state index contributed by atoms with van der Waals surface area (Å²) in [4.78, 5) is 117. The van der Waals surface area contributed by atoms with Crippen LogP contribution in [0.2, 0.25) is 0 Å². The molecule has 0 aromatic carbocycles. The van der Waals surface area contributed by atoms with Gasteiger partial charge in [0.25, 0.3) is 0 Å². The van der Waals surface area contributed by atoms with Crippen LogP contribution in [0.4, 0.5) is 0 Å². The van der Waals surface area contributed by atoms with Crippen molar-refractivity contribution in [3.63, 3.8) is 0 Å². The Kier molecular flexibility index (Phi) is 26.3. The zero-order chi connectivity index (χ0) is 47.1. The van der Waals surface area contributed by atoms with E-state index in [-0.39, 0.29) is 24.7 Å². The molecule has 0 saturated carbocycles. The number of rotatable bonds is 29. The van der Waals surface area contributed by atoms with Crippen molar-refractivity contribution in [2.24, 2.45) is 35.1 Å². The highest BCUT2D eigenvalue weighted by atomic mass is 16.4. The molecule has 8 amide bonds. The number of aliphatic hydroxyl groups excluding tert-OH is 1. The first-order valence-corrected chi connectivity index (χ1v) is 21.1. The van der Waals surface area contributed by atoms with E-state index in [2.05, 4.69) is 42.5 Å². The number of carbonyl (C=O) groups is 9. The molecule has 0 aliphatic carbocycles. The fourth-order valence-electron chi connectivity index (χ4n) is 5.87. The van der Waals surface area contributed by atoms with Crippen LogP contribution in [0.15, 0.2) is 0 Å². The molecule has 0 aliphatic rings. The molecule has 21 heteroatoms. The predicted octanol–water partition coefficient (Wildman–Crippen LogP) is -2.14. The third kappa shape index (κ3) is 21.0. The van der Waals surface area contributed by atoms with Crippen LogP contribution in [0.3, 0.4) is 0 Å². The van der Waals surface area contributed by atoms with Gasteiger partial charge in [0.05, 0.1) is 25.2 Å². The first-order chi connectivity index (χ1) is 28.4. The molecular weight excluding hydrogens is 796 g/mol. The van der Waals surface area contributed by atoms with Gasteiger partial charge in [-0.2, -0.15) is 0 Å². The van der Waals surface area contributed by atoms with Gasteiger partial charge < -0.3 is 64.2 Å². The molecule has 0 heterocycles. The normalized spacial score (nSPS) is 16.2. The molecule has 0 radical (unpaired) electrons. The Morgan fingerprint density at radius 2 is 0.984 bits per heavy atom. The molecule has 10 atom stereocenters. The molecule has 0 saturated heterocycles. The second-order valence-electron chi connectivity index (χ2n) is 16.4. The fraction of sp³-hybridized carbons (Fsp3) is 0.775. The van der Waals surface area contributed by atoms with Gasteiger partial charge >= 0.3 is 5.97 Å². The van der Waals surface area contributed by atoms with E-state index in [1.165, 1.54) is 13.8 Å². The van der Waals surface area contributed by atoms with E-state index in [9.17, 15) is 53.4 Å². The summed E-state index contributed by atoms with van der Waals surface area (Å²) in [6, 6.07) is -8.40. The molecule has 0 fully saturated rings. The van der Waals surface area contributed by atoms with E-state index in [4.69, 9.17) is 11.5 Å². The molecule has 0 rings (SSSR count). The topological polar surface area (TPSA) is 342 Å². The lowest BCUT2D eigenvalue weighted by Gasteiger charge is -2.30. The molecular formula is C40H74N10O11. The number of amides is 8. The highest BCUT2D eigenvalue weighted by molar-refractivity contribution is 5.97. The highest BCUT2D eigenvalue weighted by Gasteiger charge is 2.36. The van der Waals surface area contributed by atoms with Gasteiger partial charge in [-0.05, 0) is 69.7 Å². The second-order valence-corrected chi connectivity index (χ2v) is 16.4. The molecule has 0 aliphatic heterocycles. The standard InChI is InChI=1S/C40H74N10O11/c1-11-22(7)31(47-28(52)18-43-34(54)24(9)42)36(56)44-19-29(53)48-32(23(8)12-2)38(58)46-27(17-20(3)4)35(55)50-33(25(10)51)39(59)49-30(21(5)6)37(57)45-26(40(60)61)15-13-14-16-41/h20-27,30-33,51H,11-19,41-42H2,1-10H3,(H,43,54)(H,44,56)(H,45,57)(H,46,58)(H,47,52)(H,48,53)(H,49,59)(H,50,55)(H,60,61)/t22-,23-,24-,25+,26-,27-,30-,31-,32-,33-/m0/s1. The van der Waals surface area contributed by atoms with Crippen LogP contribution in [-0.4, -0.2) is 131 Å². The maximum atomic E-state index is 13.8. The number of hydrogen-bond donors (Lipinski definition) is 12. The van der Waals surface area contributed by atoms with Gasteiger partial charge in [-0.25, -0.2) is 4.79 Å². The third-order valence-corrected chi connectivity index (χ3v) is 10.1. The molecule has 0 spiro atoms. The summed E-state index contributed by atoms with van der Waals surface area (Å²) in [5, 5.41) is 40.3. The molecule has 21 nitrogen and oxygen atoms in total. The third-order valence-electron chi connectivity index (χ3n) is 10.1. The van der Waals surface area contributed by atoms with Gasteiger partial charge in [-0.15, -0.1) is 0 Å². The van der Waals surface area contributed by atoms with Gasteiger partial charge in [-0.1, -0.05) is 68.2 Å². The zero-order valence-corrected chi connectivity index (χ0v) is 37.5. The van der Waals surface area contributed by atoms with Crippen LogP contribution in [0.5, 0.6) is 0 Å². The van der Waals surface area contributed by atoms with E-state index < -0.39 is 127 Å². The number of unbranched alkanes of at least 4 members (excludes halogenated alkanes) is 1. The Bertz CT molecular complexity index is 1480. The van der Waals surface area contributed by atoms with Crippen molar-refractivity contribution in [2.75, 3.05) is 19.6 Å². The van der Waals surface area contributed by atoms with Crippen LogP contribution < -0.4 is 54.0 Å². The number of hydrogen-bond acceptors (Lipinski definition) is 12. The van der Waals surface area contributed by atoms with Gasteiger partial charge in [0, 0.05) is 0 Å². The minimum Gasteiger partial charge on any atom is -0.480 e. The summed E-state index contributed by atoms with van der Waals surface area (Å²) in [5.41, 5.74) is 11.0. The van der Waals surface area contributed by atoms with Crippen LogP contribution in [0.25, 0.3) is 0 Å². The fourth-order valence-corrected chi connectivity index (χ4v) is 5.87. The first kappa shape index (κ1) is 56.1. The molecule has 61 heavy (non-hydrogen) atoms. The first-order valence-electron chi connectivity index (χ1n) is 21.1. The zero-order valence-electron chi connectivity index (χ0n) is 37.5. The molecule has 350 valence electrons. The molecule has 14 N–H and O–H groups in total. The smallest absolute Gasteiger partial charge is 0.326 e. The van der Waals surface area contributed by atoms with Crippen molar-refractivity contribution in [1.82, 2.24) is 42.5 Å². The van der Waals surface area contributed by atoms with Crippen LogP contribution in [0, 0.1) is 23.7 Å². The molecule has 0 bridgehead atoms. The van der Waals surface area contributed by atoms with Crippen LogP contribution in [0.1, 0.15) is 108 Å². The lowest BCUT2D eigenvalue weighted by Crippen LogP contribution is -2.62. The lowest BCUT2D eigenvalue weighted by molar-refractivity contribution is -0.143. The number of carbonyl (C=O) groups excluding carboxylic acids is 8. The van der Waals surface area contributed by atoms with Crippen LogP contribution in [-0.2, 0) is 43.2 Å². The number of nitrogens with two attached hydrogens (primary N) is 2. The highest BCUT2D eigenvalue weighted by Crippen LogP contribution is 2.13. The molecule has 0 unspecified atom stereocenters. The summed E-state index contributed by atoms with van der Waals surface area (Å²) < 4.78 is 0. The largest absolute Gasteiger partial charge is 0.480 e. The summed E-state index contributed by atoms with van der Waals surface area (Å²) in [5.74, 6) is -8.66. The minimum absolute atomic E-state index is 0.0817.